The van der Waals surface area contributed by atoms with Crippen molar-refractivity contribution in [2.45, 2.75) is 27.3 Å². The van der Waals surface area contributed by atoms with E-state index in [0.29, 0.717) is 41.4 Å². The SMILES string of the molecule is CCOC(=O)c1cnn(-c2ccc(C(=O)NCc3cc(C)on3)cc2)c1C. The van der Waals surface area contributed by atoms with E-state index in [-0.39, 0.29) is 5.91 Å². The number of carbonyl (C=O) groups is 2. The molecule has 0 aliphatic heterocycles. The Labute approximate surface area is 156 Å². The highest BCUT2D eigenvalue weighted by atomic mass is 16.5. The number of hydrogen-bond donors (Lipinski definition) is 1. The maximum atomic E-state index is 12.3. The number of nitrogens with zero attached hydrogens (tertiary/aromatic N) is 3. The van der Waals surface area contributed by atoms with Gasteiger partial charge in [-0.05, 0) is 45.0 Å². The molecule has 2 aromatic heterocycles. The first-order valence-corrected chi connectivity index (χ1v) is 8.52. The second-order valence-corrected chi connectivity index (χ2v) is 5.93. The number of carbonyl (C=O) groups excluding carboxylic acids is 2. The highest BCUT2D eigenvalue weighted by molar-refractivity contribution is 5.94. The van der Waals surface area contributed by atoms with Crippen LogP contribution in [0.1, 0.15) is 44.8 Å². The Bertz CT molecular complexity index is 957. The molecule has 0 unspecified atom stereocenters. The topological polar surface area (TPSA) is 99.2 Å². The van der Waals surface area contributed by atoms with Gasteiger partial charge in [-0.15, -0.1) is 0 Å². The lowest BCUT2D eigenvalue weighted by atomic mass is 10.2. The molecule has 1 aromatic carbocycles. The van der Waals surface area contributed by atoms with Crippen molar-refractivity contribution in [1.29, 1.82) is 0 Å². The highest BCUT2D eigenvalue weighted by Gasteiger charge is 2.16. The molecule has 1 N–H and O–H groups in total. The monoisotopic (exact) mass is 368 g/mol. The molecule has 0 fully saturated rings. The van der Waals surface area contributed by atoms with Gasteiger partial charge in [-0.25, -0.2) is 9.48 Å². The first kappa shape index (κ1) is 18.4. The van der Waals surface area contributed by atoms with Crippen LogP contribution in [0.5, 0.6) is 0 Å². The van der Waals surface area contributed by atoms with Gasteiger partial charge in [0.25, 0.3) is 5.91 Å². The number of amides is 1. The van der Waals surface area contributed by atoms with E-state index in [9.17, 15) is 9.59 Å². The predicted octanol–water partition coefficient (Wildman–Crippen LogP) is 2.58. The Balaban J connectivity index is 1.70. The average molecular weight is 368 g/mol. The van der Waals surface area contributed by atoms with Crippen molar-refractivity contribution in [3.63, 3.8) is 0 Å². The summed E-state index contributed by atoms with van der Waals surface area (Å²) in [4.78, 5) is 24.2. The molecule has 2 heterocycles. The minimum absolute atomic E-state index is 0.216. The number of esters is 1. The second kappa shape index (κ2) is 7.86. The van der Waals surface area contributed by atoms with Crippen molar-refractivity contribution in [3.05, 3.63) is 64.8 Å². The molecule has 0 atom stereocenters. The van der Waals surface area contributed by atoms with Gasteiger partial charge >= 0.3 is 5.97 Å². The summed E-state index contributed by atoms with van der Waals surface area (Å²) >= 11 is 0. The van der Waals surface area contributed by atoms with Gasteiger partial charge in [-0.3, -0.25) is 4.79 Å². The lowest BCUT2D eigenvalue weighted by Gasteiger charge is -2.07. The van der Waals surface area contributed by atoms with Crippen molar-refractivity contribution < 1.29 is 18.8 Å². The van der Waals surface area contributed by atoms with Crippen molar-refractivity contribution in [3.8, 4) is 5.69 Å². The number of aryl methyl sites for hydroxylation is 1. The Morgan fingerprint density at radius 3 is 2.59 bits per heavy atom. The van der Waals surface area contributed by atoms with E-state index in [2.05, 4.69) is 15.6 Å². The van der Waals surface area contributed by atoms with E-state index in [0.717, 1.165) is 5.69 Å². The first-order valence-electron chi connectivity index (χ1n) is 8.52. The third kappa shape index (κ3) is 4.05. The Morgan fingerprint density at radius 2 is 1.96 bits per heavy atom. The van der Waals surface area contributed by atoms with Gasteiger partial charge in [0, 0.05) is 11.6 Å². The largest absolute Gasteiger partial charge is 0.462 e. The van der Waals surface area contributed by atoms with Gasteiger partial charge in [0.1, 0.15) is 17.0 Å². The third-order valence-electron chi connectivity index (χ3n) is 3.99. The fourth-order valence-corrected chi connectivity index (χ4v) is 2.61. The maximum Gasteiger partial charge on any atom is 0.341 e. The van der Waals surface area contributed by atoms with Crippen LogP contribution in [-0.2, 0) is 11.3 Å². The predicted molar refractivity (Wildman–Crippen MR) is 96.7 cm³/mol. The Hall–Kier alpha value is -3.42. The van der Waals surface area contributed by atoms with Crippen LogP contribution in [0.2, 0.25) is 0 Å². The van der Waals surface area contributed by atoms with Crippen LogP contribution in [0.25, 0.3) is 5.69 Å². The van der Waals surface area contributed by atoms with Gasteiger partial charge < -0.3 is 14.6 Å². The van der Waals surface area contributed by atoms with E-state index in [1.807, 2.05) is 0 Å². The molecule has 8 nitrogen and oxygen atoms in total. The number of hydrogen-bond acceptors (Lipinski definition) is 6. The van der Waals surface area contributed by atoms with E-state index in [4.69, 9.17) is 9.26 Å². The van der Waals surface area contributed by atoms with Crippen LogP contribution < -0.4 is 5.32 Å². The molecular formula is C19H20N4O4. The van der Waals surface area contributed by atoms with E-state index in [1.165, 1.54) is 6.20 Å². The molecule has 3 rings (SSSR count). The molecule has 0 saturated heterocycles. The van der Waals surface area contributed by atoms with Crippen molar-refractivity contribution in [2.75, 3.05) is 6.61 Å². The molecule has 140 valence electrons. The molecule has 0 aliphatic rings. The Morgan fingerprint density at radius 1 is 1.22 bits per heavy atom. The highest BCUT2D eigenvalue weighted by Crippen LogP contribution is 2.16. The molecule has 8 heteroatoms. The minimum Gasteiger partial charge on any atom is -0.462 e. The van der Waals surface area contributed by atoms with E-state index < -0.39 is 5.97 Å². The lowest BCUT2D eigenvalue weighted by molar-refractivity contribution is 0.0525. The van der Waals surface area contributed by atoms with E-state index in [1.54, 1.807) is 55.8 Å². The summed E-state index contributed by atoms with van der Waals surface area (Å²) in [5, 5.41) is 10.9. The zero-order valence-electron chi connectivity index (χ0n) is 15.4. The summed E-state index contributed by atoms with van der Waals surface area (Å²) in [5.74, 6) is 0.0762. The molecule has 1 amide bonds. The molecule has 0 saturated carbocycles. The summed E-state index contributed by atoms with van der Waals surface area (Å²) in [6.07, 6.45) is 1.48. The zero-order chi connectivity index (χ0) is 19.4. The molecule has 0 radical (unpaired) electrons. The van der Waals surface area contributed by atoms with Crippen LogP contribution >= 0.6 is 0 Å². The number of rotatable bonds is 6. The van der Waals surface area contributed by atoms with Gasteiger partial charge in [0.15, 0.2) is 0 Å². The number of ether oxygens (including phenoxy) is 1. The summed E-state index contributed by atoms with van der Waals surface area (Å²) in [6.45, 7) is 5.94. The standard InChI is InChI=1S/C19H20N4O4/c1-4-26-19(25)17-11-21-23(13(17)3)16-7-5-14(6-8-16)18(24)20-10-15-9-12(2)27-22-15/h5-9,11H,4,10H2,1-3H3,(H,20,24). The summed E-state index contributed by atoms with van der Waals surface area (Å²) in [5.41, 5.74) is 3.01. The van der Waals surface area contributed by atoms with Crippen molar-refractivity contribution in [1.82, 2.24) is 20.3 Å². The van der Waals surface area contributed by atoms with Gasteiger partial charge in [0.05, 0.1) is 30.7 Å². The van der Waals surface area contributed by atoms with Crippen molar-refractivity contribution >= 4 is 11.9 Å². The average Bonchev–Trinajstić information content (AvgIpc) is 3.25. The fourth-order valence-electron chi connectivity index (χ4n) is 2.61. The smallest absolute Gasteiger partial charge is 0.341 e. The first-order chi connectivity index (χ1) is 13.0. The van der Waals surface area contributed by atoms with Gasteiger partial charge in [-0.2, -0.15) is 5.10 Å². The van der Waals surface area contributed by atoms with Crippen LogP contribution in [0.15, 0.2) is 41.1 Å². The molecule has 3 aromatic rings. The van der Waals surface area contributed by atoms with Gasteiger partial charge in [-0.1, -0.05) is 5.16 Å². The number of benzene rings is 1. The van der Waals surface area contributed by atoms with E-state index >= 15 is 0 Å². The molecule has 0 aliphatic carbocycles. The van der Waals surface area contributed by atoms with Crippen LogP contribution in [0.4, 0.5) is 0 Å². The van der Waals surface area contributed by atoms with Crippen molar-refractivity contribution in [2.24, 2.45) is 0 Å². The fraction of sp³-hybridized carbons (Fsp3) is 0.263. The van der Waals surface area contributed by atoms with Crippen LogP contribution in [0.3, 0.4) is 0 Å². The number of aromatic nitrogens is 3. The molecule has 0 spiro atoms. The molecule has 0 bridgehead atoms. The van der Waals surface area contributed by atoms with Gasteiger partial charge in [0.2, 0.25) is 0 Å². The normalized spacial score (nSPS) is 10.6. The maximum absolute atomic E-state index is 12.3. The summed E-state index contributed by atoms with van der Waals surface area (Å²) < 4.78 is 11.6. The minimum atomic E-state index is -0.402. The lowest BCUT2D eigenvalue weighted by Crippen LogP contribution is -2.22. The molecule has 27 heavy (non-hydrogen) atoms. The second-order valence-electron chi connectivity index (χ2n) is 5.93. The summed E-state index contributed by atoms with van der Waals surface area (Å²) in [6, 6.07) is 8.70. The zero-order valence-corrected chi connectivity index (χ0v) is 15.4. The van der Waals surface area contributed by atoms with Crippen LogP contribution in [0, 0.1) is 13.8 Å². The molecular weight excluding hydrogens is 348 g/mol. The number of nitrogens with one attached hydrogen (secondary N) is 1. The Kier molecular flexibility index (Phi) is 5.35. The quantitative estimate of drug-likeness (QED) is 0.672. The van der Waals surface area contributed by atoms with Crippen LogP contribution in [-0.4, -0.2) is 33.4 Å². The third-order valence-corrected chi connectivity index (χ3v) is 3.99. The summed E-state index contributed by atoms with van der Waals surface area (Å²) in [7, 11) is 0.